The third kappa shape index (κ3) is 3.94. The van der Waals surface area contributed by atoms with Crippen molar-refractivity contribution in [3.05, 3.63) is 28.3 Å². The van der Waals surface area contributed by atoms with E-state index in [2.05, 4.69) is 4.72 Å². The third-order valence-electron chi connectivity index (χ3n) is 3.38. The lowest BCUT2D eigenvalue weighted by Crippen LogP contribution is -2.41. The van der Waals surface area contributed by atoms with Crippen LogP contribution in [0.4, 0.5) is 0 Å². The smallest absolute Gasteiger partial charge is 0.208 e. The van der Waals surface area contributed by atoms with Crippen molar-refractivity contribution >= 4 is 21.6 Å². The number of hydrogen-bond acceptors (Lipinski definition) is 2. The van der Waals surface area contributed by atoms with Gasteiger partial charge in [0.05, 0.1) is 4.90 Å². The number of halogens is 1. The minimum absolute atomic E-state index is 0.136. The van der Waals surface area contributed by atoms with Crippen LogP contribution in [0.15, 0.2) is 17.0 Å². The monoisotopic (exact) mass is 303 g/mol. The third-order valence-corrected chi connectivity index (χ3v) is 5.47. The highest BCUT2D eigenvalue weighted by Gasteiger charge is 2.27. The molecule has 0 aliphatic rings. The van der Waals surface area contributed by atoms with E-state index in [1.165, 1.54) is 0 Å². The molecule has 0 saturated heterocycles. The van der Waals surface area contributed by atoms with Crippen LogP contribution in [0, 0.1) is 19.3 Å². The fourth-order valence-electron chi connectivity index (χ4n) is 1.52. The van der Waals surface area contributed by atoms with Gasteiger partial charge in [0.2, 0.25) is 10.0 Å². The fraction of sp³-hybridized carbons (Fsp3) is 0.571. The van der Waals surface area contributed by atoms with Crippen LogP contribution in [-0.4, -0.2) is 14.5 Å². The Morgan fingerprint density at radius 2 is 1.68 bits per heavy atom. The summed E-state index contributed by atoms with van der Waals surface area (Å²) < 4.78 is 27.6. The van der Waals surface area contributed by atoms with E-state index in [0.717, 1.165) is 5.56 Å². The Bertz CT molecular complexity index is 574. The van der Waals surface area contributed by atoms with Crippen molar-refractivity contribution in [3.8, 4) is 0 Å². The molecule has 0 heterocycles. The summed E-state index contributed by atoms with van der Waals surface area (Å²) >= 11 is 6.00. The molecule has 1 unspecified atom stereocenters. The summed E-state index contributed by atoms with van der Waals surface area (Å²) in [6.07, 6.45) is 0. The average molecular weight is 304 g/mol. The molecule has 0 radical (unpaired) electrons. The standard InChI is InChI=1S/C14H22ClNO2S/c1-9-8-13(10(2)7-12(9)15)19(17,18)16-11(3)14(4,5)6/h7-8,11,16H,1-6H3. The molecule has 1 rings (SSSR count). The van der Waals surface area contributed by atoms with Crippen LogP contribution in [0.25, 0.3) is 0 Å². The quantitative estimate of drug-likeness (QED) is 0.926. The molecule has 108 valence electrons. The summed E-state index contributed by atoms with van der Waals surface area (Å²) in [5.41, 5.74) is 1.28. The van der Waals surface area contributed by atoms with Gasteiger partial charge < -0.3 is 0 Å². The van der Waals surface area contributed by atoms with Crippen LogP contribution in [0.5, 0.6) is 0 Å². The van der Waals surface area contributed by atoms with Crippen molar-refractivity contribution in [3.63, 3.8) is 0 Å². The molecular weight excluding hydrogens is 282 g/mol. The van der Waals surface area contributed by atoms with E-state index in [0.29, 0.717) is 15.5 Å². The topological polar surface area (TPSA) is 46.2 Å². The zero-order valence-corrected chi connectivity index (χ0v) is 13.9. The van der Waals surface area contributed by atoms with Crippen molar-refractivity contribution in [1.29, 1.82) is 0 Å². The largest absolute Gasteiger partial charge is 0.241 e. The Kier molecular flexibility index (Phi) is 4.71. The van der Waals surface area contributed by atoms with E-state index in [1.54, 1.807) is 26.0 Å². The lowest BCUT2D eigenvalue weighted by atomic mass is 9.89. The normalized spacial score (nSPS) is 14.5. The van der Waals surface area contributed by atoms with Gasteiger partial charge in [-0.1, -0.05) is 32.4 Å². The molecule has 0 saturated carbocycles. The number of aryl methyl sites for hydroxylation is 2. The van der Waals surface area contributed by atoms with Crippen molar-refractivity contribution in [1.82, 2.24) is 4.72 Å². The molecule has 19 heavy (non-hydrogen) atoms. The van der Waals surface area contributed by atoms with Gasteiger partial charge in [-0.15, -0.1) is 0 Å². The number of hydrogen-bond donors (Lipinski definition) is 1. The SMILES string of the molecule is Cc1cc(S(=O)(=O)NC(C)C(C)(C)C)c(C)cc1Cl. The van der Waals surface area contributed by atoms with E-state index in [1.807, 2.05) is 27.7 Å². The van der Waals surface area contributed by atoms with Crippen molar-refractivity contribution in [2.45, 2.75) is 52.5 Å². The number of sulfonamides is 1. The van der Waals surface area contributed by atoms with Crippen molar-refractivity contribution in [2.24, 2.45) is 5.41 Å². The second kappa shape index (κ2) is 5.43. The van der Waals surface area contributed by atoms with Gasteiger partial charge >= 0.3 is 0 Å². The first-order valence-corrected chi connectivity index (χ1v) is 8.10. The van der Waals surface area contributed by atoms with Gasteiger partial charge in [-0.3, -0.25) is 0 Å². The summed E-state index contributed by atoms with van der Waals surface area (Å²) in [4.78, 5) is 0.297. The van der Waals surface area contributed by atoms with Gasteiger partial charge in [0.15, 0.2) is 0 Å². The van der Waals surface area contributed by atoms with E-state index in [-0.39, 0.29) is 11.5 Å². The van der Waals surface area contributed by atoms with Crippen molar-refractivity contribution in [2.75, 3.05) is 0 Å². The van der Waals surface area contributed by atoms with Crippen molar-refractivity contribution < 1.29 is 8.42 Å². The van der Waals surface area contributed by atoms with Crippen LogP contribution >= 0.6 is 11.6 Å². The van der Waals surface area contributed by atoms with Gasteiger partial charge in [0.25, 0.3) is 0 Å². The maximum absolute atomic E-state index is 12.4. The van der Waals surface area contributed by atoms with Gasteiger partial charge in [0.1, 0.15) is 0 Å². The lowest BCUT2D eigenvalue weighted by molar-refractivity contribution is 0.317. The van der Waals surface area contributed by atoms with E-state index >= 15 is 0 Å². The molecule has 0 aliphatic heterocycles. The highest BCUT2D eigenvalue weighted by Crippen LogP contribution is 2.26. The molecule has 5 heteroatoms. The predicted octanol–water partition coefficient (Wildman–Crippen LogP) is 3.67. The lowest BCUT2D eigenvalue weighted by Gasteiger charge is -2.28. The van der Waals surface area contributed by atoms with Crippen LogP contribution in [-0.2, 0) is 10.0 Å². The second-order valence-corrected chi connectivity index (χ2v) is 8.17. The Morgan fingerprint density at radius 3 is 2.16 bits per heavy atom. The number of nitrogens with one attached hydrogen (secondary N) is 1. The summed E-state index contributed by atoms with van der Waals surface area (Å²) in [5, 5.41) is 0.584. The summed E-state index contributed by atoms with van der Waals surface area (Å²) in [6, 6.07) is 3.15. The first-order valence-electron chi connectivity index (χ1n) is 6.24. The molecule has 1 aromatic carbocycles. The molecular formula is C14H22ClNO2S. The second-order valence-electron chi connectivity index (χ2n) is 6.08. The molecule has 3 nitrogen and oxygen atoms in total. The van der Waals surface area contributed by atoms with Gasteiger partial charge in [0, 0.05) is 11.1 Å². The Labute approximate surface area is 121 Å². The molecule has 0 fully saturated rings. The van der Waals surface area contributed by atoms with E-state index in [4.69, 9.17) is 11.6 Å². The Balaban J connectivity index is 3.19. The molecule has 0 aliphatic carbocycles. The summed E-state index contributed by atoms with van der Waals surface area (Å²) in [5.74, 6) is 0. The average Bonchev–Trinajstić information content (AvgIpc) is 2.21. The zero-order valence-electron chi connectivity index (χ0n) is 12.3. The van der Waals surface area contributed by atoms with Gasteiger partial charge in [-0.2, -0.15) is 0 Å². The number of benzene rings is 1. The molecule has 0 aromatic heterocycles. The molecule has 1 N–H and O–H groups in total. The maximum atomic E-state index is 12.4. The molecule has 0 amide bonds. The minimum Gasteiger partial charge on any atom is -0.208 e. The summed E-state index contributed by atoms with van der Waals surface area (Å²) in [6.45, 7) is 11.4. The fourth-order valence-corrected chi connectivity index (χ4v) is 3.50. The zero-order chi connectivity index (χ0) is 15.0. The molecule has 1 aromatic rings. The summed E-state index contributed by atoms with van der Waals surface area (Å²) in [7, 11) is -3.52. The first-order chi connectivity index (χ1) is 8.45. The molecule has 0 bridgehead atoms. The highest BCUT2D eigenvalue weighted by atomic mass is 35.5. The Morgan fingerprint density at radius 1 is 1.16 bits per heavy atom. The van der Waals surface area contributed by atoms with Gasteiger partial charge in [-0.05, 0) is 49.4 Å². The van der Waals surface area contributed by atoms with Crippen LogP contribution < -0.4 is 4.72 Å². The maximum Gasteiger partial charge on any atom is 0.241 e. The molecule has 1 atom stereocenters. The van der Waals surface area contributed by atoms with Crippen LogP contribution in [0.1, 0.15) is 38.8 Å². The van der Waals surface area contributed by atoms with Crippen LogP contribution in [0.2, 0.25) is 5.02 Å². The number of rotatable bonds is 3. The van der Waals surface area contributed by atoms with E-state index < -0.39 is 10.0 Å². The highest BCUT2D eigenvalue weighted by molar-refractivity contribution is 7.89. The minimum atomic E-state index is -3.52. The predicted molar refractivity (Wildman–Crippen MR) is 80.2 cm³/mol. The first kappa shape index (κ1) is 16.5. The van der Waals surface area contributed by atoms with Crippen LogP contribution in [0.3, 0.4) is 0 Å². The Hall–Kier alpha value is -0.580. The molecule has 0 spiro atoms. The van der Waals surface area contributed by atoms with E-state index in [9.17, 15) is 8.42 Å². The van der Waals surface area contributed by atoms with Gasteiger partial charge in [-0.25, -0.2) is 13.1 Å².